The van der Waals surface area contributed by atoms with Gasteiger partial charge in [-0.1, -0.05) is 37.0 Å². The van der Waals surface area contributed by atoms with E-state index >= 15 is 0 Å². The molecule has 0 radical (unpaired) electrons. The molecule has 0 bridgehead atoms. The fourth-order valence-corrected chi connectivity index (χ4v) is 2.02. The van der Waals surface area contributed by atoms with Crippen LogP contribution in [0.2, 0.25) is 0 Å². The molecule has 0 heteroatoms. The zero-order valence-corrected chi connectivity index (χ0v) is 9.32. The van der Waals surface area contributed by atoms with Gasteiger partial charge in [0.15, 0.2) is 0 Å². The standard InChI is InChI=1S/C13H22/c1-10(2)13(11(3)4)9-8-12-6-5-7-12/h12H,1,5-9H2,2-4H3. The Morgan fingerprint density at radius 3 is 2.15 bits per heavy atom. The third kappa shape index (κ3) is 3.02. The SMILES string of the molecule is C=C(C)C(CCC1CCC1)=C(C)C. The van der Waals surface area contributed by atoms with Gasteiger partial charge in [-0.2, -0.15) is 0 Å². The van der Waals surface area contributed by atoms with Gasteiger partial charge in [-0.05, 0) is 45.1 Å². The third-order valence-corrected chi connectivity index (χ3v) is 3.15. The van der Waals surface area contributed by atoms with E-state index < -0.39 is 0 Å². The summed E-state index contributed by atoms with van der Waals surface area (Å²) in [5.74, 6) is 1.02. The number of hydrogen-bond acceptors (Lipinski definition) is 0. The van der Waals surface area contributed by atoms with Crippen LogP contribution in [0, 0.1) is 5.92 Å². The van der Waals surface area contributed by atoms with Crippen LogP contribution in [0.4, 0.5) is 0 Å². The first-order valence-corrected chi connectivity index (χ1v) is 5.43. The van der Waals surface area contributed by atoms with Crippen molar-refractivity contribution < 1.29 is 0 Å². The summed E-state index contributed by atoms with van der Waals surface area (Å²) in [6.07, 6.45) is 7.02. The minimum atomic E-state index is 1.02. The number of hydrogen-bond donors (Lipinski definition) is 0. The molecule has 0 aromatic carbocycles. The van der Waals surface area contributed by atoms with Crippen molar-refractivity contribution in [2.45, 2.75) is 52.9 Å². The summed E-state index contributed by atoms with van der Waals surface area (Å²) in [6, 6.07) is 0. The quantitative estimate of drug-likeness (QED) is 0.557. The topological polar surface area (TPSA) is 0 Å². The maximum absolute atomic E-state index is 4.04. The van der Waals surface area contributed by atoms with Crippen molar-refractivity contribution in [3.8, 4) is 0 Å². The first kappa shape index (κ1) is 10.6. The van der Waals surface area contributed by atoms with Crippen LogP contribution >= 0.6 is 0 Å². The molecule has 74 valence electrons. The van der Waals surface area contributed by atoms with E-state index in [1.54, 1.807) is 0 Å². The van der Waals surface area contributed by atoms with Crippen molar-refractivity contribution in [2.24, 2.45) is 5.92 Å². The summed E-state index contributed by atoms with van der Waals surface area (Å²) in [6.45, 7) is 10.6. The van der Waals surface area contributed by atoms with Crippen LogP contribution in [0.15, 0.2) is 23.3 Å². The van der Waals surface area contributed by atoms with Gasteiger partial charge in [-0.15, -0.1) is 0 Å². The van der Waals surface area contributed by atoms with Crippen molar-refractivity contribution >= 4 is 0 Å². The lowest BCUT2D eigenvalue weighted by Gasteiger charge is -2.26. The minimum Gasteiger partial charge on any atom is -0.0958 e. The van der Waals surface area contributed by atoms with Crippen LogP contribution in [0.1, 0.15) is 52.9 Å². The lowest BCUT2D eigenvalue weighted by atomic mass is 9.80. The van der Waals surface area contributed by atoms with Gasteiger partial charge in [0.1, 0.15) is 0 Å². The third-order valence-electron chi connectivity index (χ3n) is 3.15. The molecule has 0 saturated heterocycles. The molecule has 0 N–H and O–H groups in total. The highest BCUT2D eigenvalue weighted by atomic mass is 14.2. The second-order valence-electron chi connectivity index (χ2n) is 4.59. The molecule has 0 unspecified atom stereocenters. The molecular weight excluding hydrogens is 156 g/mol. The fraction of sp³-hybridized carbons (Fsp3) is 0.692. The molecule has 0 atom stereocenters. The van der Waals surface area contributed by atoms with E-state index in [4.69, 9.17) is 0 Å². The van der Waals surface area contributed by atoms with Crippen LogP contribution in [0.3, 0.4) is 0 Å². The zero-order valence-electron chi connectivity index (χ0n) is 9.32. The van der Waals surface area contributed by atoms with Crippen molar-refractivity contribution in [3.63, 3.8) is 0 Å². The van der Waals surface area contributed by atoms with Gasteiger partial charge in [-0.25, -0.2) is 0 Å². The second-order valence-corrected chi connectivity index (χ2v) is 4.59. The molecule has 1 saturated carbocycles. The van der Waals surface area contributed by atoms with Crippen LogP contribution in [0.25, 0.3) is 0 Å². The Morgan fingerprint density at radius 1 is 1.23 bits per heavy atom. The zero-order chi connectivity index (χ0) is 9.84. The van der Waals surface area contributed by atoms with Crippen molar-refractivity contribution in [1.82, 2.24) is 0 Å². The predicted molar refractivity (Wildman–Crippen MR) is 59.8 cm³/mol. The van der Waals surface area contributed by atoms with E-state index in [1.165, 1.54) is 48.8 Å². The molecule has 0 aromatic heterocycles. The maximum Gasteiger partial charge on any atom is -0.0274 e. The molecule has 1 rings (SSSR count). The Bertz CT molecular complexity index is 212. The molecule has 0 spiro atoms. The van der Waals surface area contributed by atoms with Crippen molar-refractivity contribution in [2.75, 3.05) is 0 Å². The van der Waals surface area contributed by atoms with Gasteiger partial charge in [-0.3, -0.25) is 0 Å². The van der Waals surface area contributed by atoms with Gasteiger partial charge < -0.3 is 0 Å². The molecule has 1 aliphatic carbocycles. The molecule has 0 heterocycles. The van der Waals surface area contributed by atoms with Crippen molar-refractivity contribution in [1.29, 1.82) is 0 Å². The maximum atomic E-state index is 4.04. The predicted octanol–water partition coefficient (Wildman–Crippen LogP) is 4.48. The second kappa shape index (κ2) is 4.64. The highest BCUT2D eigenvalue weighted by Crippen LogP contribution is 2.33. The van der Waals surface area contributed by atoms with E-state index in [2.05, 4.69) is 27.4 Å². The largest absolute Gasteiger partial charge is 0.0958 e. The highest BCUT2D eigenvalue weighted by molar-refractivity contribution is 5.29. The molecule has 0 nitrogen and oxygen atoms in total. The average molecular weight is 178 g/mol. The molecule has 0 aromatic rings. The molecule has 0 aliphatic heterocycles. The van der Waals surface area contributed by atoms with Crippen LogP contribution in [-0.2, 0) is 0 Å². The summed E-state index contributed by atoms with van der Waals surface area (Å²) < 4.78 is 0. The number of rotatable bonds is 4. The van der Waals surface area contributed by atoms with Crippen LogP contribution in [0.5, 0.6) is 0 Å². The molecule has 1 aliphatic rings. The smallest absolute Gasteiger partial charge is 0.0274 e. The Labute approximate surface area is 82.7 Å². The average Bonchev–Trinajstić information content (AvgIpc) is 1.92. The Kier molecular flexibility index (Phi) is 3.77. The van der Waals surface area contributed by atoms with Gasteiger partial charge in [0.25, 0.3) is 0 Å². The van der Waals surface area contributed by atoms with E-state index in [-0.39, 0.29) is 0 Å². The van der Waals surface area contributed by atoms with E-state index in [1.807, 2.05) is 0 Å². The Balaban J connectivity index is 2.39. The van der Waals surface area contributed by atoms with Gasteiger partial charge in [0.2, 0.25) is 0 Å². The first-order valence-electron chi connectivity index (χ1n) is 5.43. The summed E-state index contributed by atoms with van der Waals surface area (Å²) in [5, 5.41) is 0. The molecular formula is C13H22. The minimum absolute atomic E-state index is 1.02. The normalized spacial score (nSPS) is 16.5. The van der Waals surface area contributed by atoms with E-state index in [0.29, 0.717) is 0 Å². The first-order chi connectivity index (χ1) is 6.11. The lowest BCUT2D eigenvalue weighted by molar-refractivity contribution is 0.296. The number of allylic oxidation sites excluding steroid dienone is 3. The van der Waals surface area contributed by atoms with E-state index in [9.17, 15) is 0 Å². The van der Waals surface area contributed by atoms with Crippen LogP contribution in [-0.4, -0.2) is 0 Å². The Hall–Kier alpha value is -0.520. The van der Waals surface area contributed by atoms with Gasteiger partial charge in [0.05, 0.1) is 0 Å². The monoisotopic (exact) mass is 178 g/mol. The fourth-order valence-electron chi connectivity index (χ4n) is 2.02. The highest BCUT2D eigenvalue weighted by Gasteiger charge is 2.17. The molecule has 1 fully saturated rings. The lowest BCUT2D eigenvalue weighted by Crippen LogP contribution is -2.11. The van der Waals surface area contributed by atoms with Gasteiger partial charge in [0, 0.05) is 0 Å². The summed E-state index contributed by atoms with van der Waals surface area (Å²) in [4.78, 5) is 0. The summed E-state index contributed by atoms with van der Waals surface area (Å²) in [5.41, 5.74) is 4.22. The summed E-state index contributed by atoms with van der Waals surface area (Å²) >= 11 is 0. The molecule has 0 amide bonds. The van der Waals surface area contributed by atoms with Crippen LogP contribution < -0.4 is 0 Å². The Morgan fingerprint density at radius 2 is 1.85 bits per heavy atom. The van der Waals surface area contributed by atoms with Crippen molar-refractivity contribution in [3.05, 3.63) is 23.3 Å². The molecule has 13 heavy (non-hydrogen) atoms. The summed E-state index contributed by atoms with van der Waals surface area (Å²) in [7, 11) is 0. The van der Waals surface area contributed by atoms with Gasteiger partial charge >= 0.3 is 0 Å². The van der Waals surface area contributed by atoms with E-state index in [0.717, 1.165) is 5.92 Å².